The van der Waals surface area contributed by atoms with E-state index >= 15 is 0 Å². The summed E-state index contributed by atoms with van der Waals surface area (Å²) in [5.74, 6) is 0.310. The second-order valence-corrected chi connectivity index (χ2v) is 6.41. The van der Waals surface area contributed by atoms with Crippen molar-refractivity contribution in [2.45, 2.75) is 20.4 Å². The predicted octanol–water partition coefficient (Wildman–Crippen LogP) is 3.91. The molecular weight excluding hydrogens is 345 g/mol. The summed E-state index contributed by atoms with van der Waals surface area (Å²) in [6.45, 7) is 4.06. The molecule has 0 bridgehead atoms. The lowest BCUT2D eigenvalue weighted by molar-refractivity contribution is 0.0782. The second-order valence-electron chi connectivity index (χ2n) is 6.41. The van der Waals surface area contributed by atoms with Crippen LogP contribution in [0.2, 0.25) is 0 Å². The number of hydrogen-bond donors (Lipinski definition) is 0. The third-order valence-corrected chi connectivity index (χ3v) is 4.52. The number of hydrogen-bond acceptors (Lipinski definition) is 3. The van der Waals surface area contributed by atoms with Crippen LogP contribution in [0.4, 0.5) is 4.39 Å². The highest BCUT2D eigenvalue weighted by molar-refractivity contribution is 5.96. The van der Waals surface area contributed by atoms with Gasteiger partial charge in [0, 0.05) is 19.2 Å². The van der Waals surface area contributed by atoms with Gasteiger partial charge in [-0.2, -0.15) is 5.10 Å². The molecule has 0 radical (unpaired) electrons. The van der Waals surface area contributed by atoms with E-state index in [9.17, 15) is 9.18 Å². The number of carbonyl (C=O) groups excluding carboxylic acids is 1. The third-order valence-electron chi connectivity index (χ3n) is 4.52. The van der Waals surface area contributed by atoms with Gasteiger partial charge in [-0.3, -0.25) is 4.79 Å². The summed E-state index contributed by atoms with van der Waals surface area (Å²) in [5, 5.41) is 4.48. The number of carbonyl (C=O) groups is 1. The van der Waals surface area contributed by atoms with Crippen LogP contribution >= 0.6 is 0 Å². The first-order chi connectivity index (χ1) is 12.9. The van der Waals surface area contributed by atoms with Gasteiger partial charge < -0.3 is 9.64 Å². The first-order valence-corrected chi connectivity index (χ1v) is 8.62. The molecule has 0 N–H and O–H groups in total. The SMILES string of the molecule is COc1ccccc1CN(C)C(=O)c1c(C)nn(-c2ccc(F)cc2)c1C. The van der Waals surface area contributed by atoms with E-state index in [4.69, 9.17) is 4.74 Å². The Bertz CT molecular complexity index is 964. The molecule has 1 heterocycles. The lowest BCUT2D eigenvalue weighted by Gasteiger charge is -2.19. The summed E-state index contributed by atoms with van der Waals surface area (Å²) < 4.78 is 20.2. The number of nitrogens with zero attached hydrogens (tertiary/aromatic N) is 3. The van der Waals surface area contributed by atoms with E-state index in [1.54, 1.807) is 42.8 Å². The Labute approximate surface area is 158 Å². The van der Waals surface area contributed by atoms with E-state index in [2.05, 4.69) is 5.10 Å². The van der Waals surface area contributed by atoms with Crippen molar-refractivity contribution >= 4 is 5.91 Å². The molecule has 3 rings (SSSR count). The molecule has 5 nitrogen and oxygen atoms in total. The van der Waals surface area contributed by atoms with Crippen LogP contribution in [-0.4, -0.2) is 34.7 Å². The molecular formula is C21H22FN3O2. The Morgan fingerprint density at radius 2 is 1.81 bits per heavy atom. The standard InChI is InChI=1S/C21H22FN3O2/c1-14-20(15(2)25(23-14)18-11-9-17(22)10-12-18)21(26)24(3)13-16-7-5-6-8-19(16)27-4/h5-12H,13H2,1-4H3. The van der Waals surface area contributed by atoms with Crippen LogP contribution in [0.5, 0.6) is 5.75 Å². The van der Waals surface area contributed by atoms with Crippen LogP contribution in [-0.2, 0) is 6.54 Å². The third kappa shape index (κ3) is 3.69. The molecule has 140 valence electrons. The van der Waals surface area contributed by atoms with Gasteiger partial charge >= 0.3 is 0 Å². The molecule has 0 fully saturated rings. The maximum atomic E-state index is 13.2. The van der Waals surface area contributed by atoms with Gasteiger partial charge in [0.2, 0.25) is 0 Å². The number of para-hydroxylation sites is 1. The number of amides is 1. The number of aryl methyl sites for hydroxylation is 1. The van der Waals surface area contributed by atoms with Crippen molar-refractivity contribution in [3.05, 3.63) is 76.9 Å². The van der Waals surface area contributed by atoms with Gasteiger partial charge in [-0.25, -0.2) is 9.07 Å². The van der Waals surface area contributed by atoms with Gasteiger partial charge in [-0.05, 0) is 44.2 Å². The minimum atomic E-state index is -0.312. The van der Waals surface area contributed by atoms with Crippen molar-refractivity contribution in [3.8, 4) is 11.4 Å². The maximum Gasteiger partial charge on any atom is 0.257 e. The van der Waals surface area contributed by atoms with E-state index in [1.165, 1.54) is 12.1 Å². The fourth-order valence-electron chi connectivity index (χ4n) is 3.14. The second kappa shape index (κ2) is 7.61. The van der Waals surface area contributed by atoms with Crippen molar-refractivity contribution in [3.63, 3.8) is 0 Å². The summed E-state index contributed by atoms with van der Waals surface area (Å²) in [5.41, 5.74) is 3.54. The number of methoxy groups -OCH3 is 1. The highest BCUT2D eigenvalue weighted by atomic mass is 19.1. The highest BCUT2D eigenvalue weighted by Crippen LogP contribution is 2.23. The minimum Gasteiger partial charge on any atom is -0.496 e. The van der Waals surface area contributed by atoms with E-state index in [1.807, 2.05) is 31.2 Å². The molecule has 0 aliphatic heterocycles. The van der Waals surface area contributed by atoms with Gasteiger partial charge in [-0.1, -0.05) is 18.2 Å². The summed E-state index contributed by atoms with van der Waals surface area (Å²) in [4.78, 5) is 14.7. The molecule has 0 spiro atoms. The van der Waals surface area contributed by atoms with Gasteiger partial charge in [0.1, 0.15) is 11.6 Å². The molecule has 27 heavy (non-hydrogen) atoms. The molecule has 1 amide bonds. The summed E-state index contributed by atoms with van der Waals surface area (Å²) >= 11 is 0. The summed E-state index contributed by atoms with van der Waals surface area (Å²) in [7, 11) is 3.37. The van der Waals surface area contributed by atoms with Crippen LogP contribution in [0.1, 0.15) is 27.3 Å². The van der Waals surface area contributed by atoms with Crippen molar-refractivity contribution in [2.24, 2.45) is 0 Å². The molecule has 0 atom stereocenters. The number of rotatable bonds is 5. The normalized spacial score (nSPS) is 10.7. The Morgan fingerprint density at radius 1 is 1.15 bits per heavy atom. The smallest absolute Gasteiger partial charge is 0.257 e. The zero-order valence-corrected chi connectivity index (χ0v) is 15.9. The Balaban J connectivity index is 1.89. The first kappa shape index (κ1) is 18.6. The van der Waals surface area contributed by atoms with Crippen molar-refractivity contribution < 1.29 is 13.9 Å². The van der Waals surface area contributed by atoms with E-state index in [-0.39, 0.29) is 11.7 Å². The quantitative estimate of drug-likeness (QED) is 0.687. The molecule has 6 heteroatoms. The molecule has 0 saturated heterocycles. The van der Waals surface area contributed by atoms with Gasteiger partial charge in [0.05, 0.1) is 29.7 Å². The Hall–Kier alpha value is -3.15. The molecule has 1 aromatic heterocycles. The lowest BCUT2D eigenvalue weighted by atomic mass is 10.1. The van der Waals surface area contributed by atoms with Crippen LogP contribution < -0.4 is 4.74 Å². The number of ether oxygens (including phenoxy) is 1. The molecule has 0 unspecified atom stereocenters. The Morgan fingerprint density at radius 3 is 2.48 bits per heavy atom. The summed E-state index contributed by atoms with van der Waals surface area (Å²) in [6.07, 6.45) is 0. The van der Waals surface area contributed by atoms with Crippen LogP contribution in [0.3, 0.4) is 0 Å². The van der Waals surface area contributed by atoms with Crippen molar-refractivity contribution in [1.29, 1.82) is 0 Å². The predicted molar refractivity (Wildman–Crippen MR) is 102 cm³/mol. The van der Waals surface area contributed by atoms with E-state index < -0.39 is 0 Å². The van der Waals surface area contributed by atoms with Crippen LogP contribution in [0, 0.1) is 19.7 Å². The zero-order valence-electron chi connectivity index (χ0n) is 15.9. The zero-order chi connectivity index (χ0) is 19.6. The average Bonchev–Trinajstić information content (AvgIpc) is 2.96. The minimum absolute atomic E-state index is 0.121. The molecule has 0 aliphatic carbocycles. The van der Waals surface area contributed by atoms with Crippen molar-refractivity contribution in [1.82, 2.24) is 14.7 Å². The van der Waals surface area contributed by atoms with E-state index in [0.717, 1.165) is 17.0 Å². The fourth-order valence-corrected chi connectivity index (χ4v) is 3.14. The summed E-state index contributed by atoms with van der Waals surface area (Å²) in [6, 6.07) is 13.6. The number of halogens is 1. The number of aromatic nitrogens is 2. The topological polar surface area (TPSA) is 47.4 Å². The van der Waals surface area contributed by atoms with Gasteiger partial charge in [0.25, 0.3) is 5.91 Å². The monoisotopic (exact) mass is 367 g/mol. The first-order valence-electron chi connectivity index (χ1n) is 8.62. The molecule has 3 aromatic rings. The number of benzene rings is 2. The fraction of sp³-hybridized carbons (Fsp3) is 0.238. The molecule has 2 aromatic carbocycles. The van der Waals surface area contributed by atoms with Crippen molar-refractivity contribution in [2.75, 3.05) is 14.2 Å². The molecule has 0 saturated carbocycles. The van der Waals surface area contributed by atoms with E-state index in [0.29, 0.717) is 23.5 Å². The maximum absolute atomic E-state index is 13.2. The Kier molecular flexibility index (Phi) is 5.26. The molecule has 0 aliphatic rings. The van der Waals surface area contributed by atoms with Crippen LogP contribution in [0.15, 0.2) is 48.5 Å². The van der Waals surface area contributed by atoms with Gasteiger partial charge in [-0.15, -0.1) is 0 Å². The highest BCUT2D eigenvalue weighted by Gasteiger charge is 2.23. The van der Waals surface area contributed by atoms with Gasteiger partial charge in [0.15, 0.2) is 0 Å². The lowest BCUT2D eigenvalue weighted by Crippen LogP contribution is -2.27. The van der Waals surface area contributed by atoms with Crippen LogP contribution in [0.25, 0.3) is 5.69 Å². The largest absolute Gasteiger partial charge is 0.496 e. The average molecular weight is 367 g/mol.